The number of rotatable bonds is 1. The van der Waals surface area contributed by atoms with E-state index in [-0.39, 0.29) is 11.0 Å². The molecule has 0 radical (unpaired) electrons. The van der Waals surface area contributed by atoms with E-state index in [1.54, 1.807) is 11.3 Å². The van der Waals surface area contributed by atoms with Crippen LogP contribution in [0.2, 0.25) is 0 Å². The molecule has 0 spiro atoms. The summed E-state index contributed by atoms with van der Waals surface area (Å²) in [4.78, 5) is 4.76. The number of hydrogen-bond acceptors (Lipinski definition) is 4. The van der Waals surface area contributed by atoms with Crippen LogP contribution in [0.25, 0.3) is 0 Å². The van der Waals surface area contributed by atoms with Crippen LogP contribution >= 0.6 is 23.1 Å². The van der Waals surface area contributed by atoms with Gasteiger partial charge in [0.25, 0.3) is 0 Å². The molecule has 1 saturated heterocycles. The Hall–Kier alpha value is -0.0600. The van der Waals surface area contributed by atoms with Gasteiger partial charge in [0, 0.05) is 16.5 Å². The van der Waals surface area contributed by atoms with Crippen LogP contribution in [0.4, 0.5) is 0 Å². The summed E-state index contributed by atoms with van der Waals surface area (Å²) in [5.41, 5.74) is 7.60. The van der Waals surface area contributed by atoms with Crippen LogP contribution < -0.4 is 5.73 Å². The summed E-state index contributed by atoms with van der Waals surface area (Å²) in [5.74, 6) is 2.26. The smallest absolute Gasteiger partial charge is 0.114 e. The fourth-order valence-electron chi connectivity index (χ4n) is 1.83. The summed E-state index contributed by atoms with van der Waals surface area (Å²) in [6.07, 6.45) is 2.29. The molecule has 0 bridgehead atoms. The van der Waals surface area contributed by atoms with Gasteiger partial charge in [0.2, 0.25) is 0 Å². The van der Waals surface area contributed by atoms with E-state index in [1.807, 2.05) is 11.8 Å². The van der Waals surface area contributed by atoms with Crippen molar-refractivity contribution in [2.45, 2.75) is 44.6 Å². The SMILES string of the molecule is CC(C)(C)c1csc(C2(N)CCCSC2)n1. The van der Waals surface area contributed by atoms with E-state index >= 15 is 0 Å². The largest absolute Gasteiger partial charge is 0.319 e. The minimum absolute atomic E-state index is 0.132. The van der Waals surface area contributed by atoms with Crippen LogP contribution in [-0.4, -0.2) is 16.5 Å². The fourth-order valence-corrected chi connectivity index (χ4v) is 4.25. The van der Waals surface area contributed by atoms with Gasteiger partial charge < -0.3 is 5.73 Å². The summed E-state index contributed by atoms with van der Waals surface area (Å²) in [6, 6.07) is 0. The maximum atomic E-state index is 6.46. The number of thioether (sulfide) groups is 1. The van der Waals surface area contributed by atoms with Crippen molar-refractivity contribution in [3.05, 3.63) is 16.1 Å². The summed E-state index contributed by atoms with van der Waals surface area (Å²) in [5, 5.41) is 3.30. The number of nitrogens with two attached hydrogens (primary N) is 1. The third kappa shape index (κ3) is 2.44. The molecule has 0 amide bonds. The molecule has 0 aliphatic carbocycles. The van der Waals surface area contributed by atoms with Gasteiger partial charge in [0.05, 0.1) is 11.2 Å². The third-order valence-electron chi connectivity index (χ3n) is 2.97. The Balaban J connectivity index is 2.24. The standard InChI is InChI=1S/C12H20N2S2/c1-11(2,3)9-7-16-10(14-9)12(13)5-4-6-15-8-12/h7H,4-6,8,13H2,1-3H3. The molecular weight excluding hydrogens is 236 g/mol. The molecule has 1 aromatic rings. The second kappa shape index (κ2) is 4.31. The van der Waals surface area contributed by atoms with Crippen molar-refractivity contribution >= 4 is 23.1 Å². The fraction of sp³-hybridized carbons (Fsp3) is 0.750. The summed E-state index contributed by atoms with van der Waals surface area (Å²) < 4.78 is 0. The van der Waals surface area contributed by atoms with Gasteiger partial charge in [-0.05, 0) is 18.6 Å². The second-order valence-corrected chi connectivity index (χ2v) is 7.56. The van der Waals surface area contributed by atoms with E-state index in [2.05, 4.69) is 26.2 Å². The Kier molecular flexibility index (Phi) is 3.34. The molecule has 0 saturated carbocycles. The van der Waals surface area contributed by atoms with Crippen LogP contribution in [0.3, 0.4) is 0 Å². The number of nitrogens with zero attached hydrogens (tertiary/aromatic N) is 1. The van der Waals surface area contributed by atoms with E-state index in [0.717, 1.165) is 17.2 Å². The number of thiazole rings is 1. The molecule has 2 nitrogen and oxygen atoms in total. The third-order valence-corrected chi connectivity index (χ3v) is 5.33. The first-order valence-electron chi connectivity index (χ1n) is 5.75. The van der Waals surface area contributed by atoms with E-state index in [1.165, 1.54) is 17.9 Å². The molecule has 4 heteroatoms. The molecule has 0 aromatic carbocycles. The van der Waals surface area contributed by atoms with Crippen LogP contribution in [0, 0.1) is 0 Å². The minimum Gasteiger partial charge on any atom is -0.319 e. The van der Waals surface area contributed by atoms with Crippen molar-refractivity contribution in [2.24, 2.45) is 5.73 Å². The van der Waals surface area contributed by atoms with Gasteiger partial charge in [-0.15, -0.1) is 11.3 Å². The molecular formula is C12H20N2S2. The minimum atomic E-state index is -0.170. The molecule has 1 aliphatic heterocycles. The molecule has 90 valence electrons. The predicted molar refractivity (Wildman–Crippen MR) is 73.2 cm³/mol. The van der Waals surface area contributed by atoms with Gasteiger partial charge in [-0.2, -0.15) is 11.8 Å². The molecule has 1 aliphatic rings. The molecule has 16 heavy (non-hydrogen) atoms. The van der Waals surface area contributed by atoms with Gasteiger partial charge in [-0.1, -0.05) is 20.8 Å². The molecule has 2 rings (SSSR count). The van der Waals surface area contributed by atoms with E-state index in [0.29, 0.717) is 0 Å². The van der Waals surface area contributed by atoms with Crippen LogP contribution in [0.1, 0.15) is 44.3 Å². The lowest BCUT2D eigenvalue weighted by molar-refractivity contribution is 0.440. The van der Waals surface area contributed by atoms with Crippen LogP contribution in [0.5, 0.6) is 0 Å². The Morgan fingerprint density at radius 1 is 1.44 bits per heavy atom. The molecule has 1 aromatic heterocycles. The average Bonchev–Trinajstić information content (AvgIpc) is 2.67. The predicted octanol–water partition coefficient (Wildman–Crippen LogP) is 3.12. The lowest BCUT2D eigenvalue weighted by atomic mass is 9.93. The highest BCUT2D eigenvalue weighted by Crippen LogP contribution is 2.36. The Bertz CT molecular complexity index is 359. The van der Waals surface area contributed by atoms with Crippen molar-refractivity contribution in [1.29, 1.82) is 0 Å². The van der Waals surface area contributed by atoms with Crippen molar-refractivity contribution in [1.82, 2.24) is 4.98 Å². The quantitative estimate of drug-likeness (QED) is 0.839. The Labute approximate surface area is 106 Å². The van der Waals surface area contributed by atoms with Crippen molar-refractivity contribution in [3.63, 3.8) is 0 Å². The van der Waals surface area contributed by atoms with Gasteiger partial charge in [-0.3, -0.25) is 0 Å². The monoisotopic (exact) mass is 256 g/mol. The highest BCUT2D eigenvalue weighted by atomic mass is 32.2. The van der Waals surface area contributed by atoms with Crippen LogP contribution in [0.15, 0.2) is 5.38 Å². The highest BCUT2D eigenvalue weighted by molar-refractivity contribution is 7.99. The summed E-state index contributed by atoms with van der Waals surface area (Å²) >= 11 is 3.69. The first-order valence-corrected chi connectivity index (χ1v) is 7.78. The molecule has 2 N–H and O–H groups in total. The van der Waals surface area contributed by atoms with Gasteiger partial charge in [-0.25, -0.2) is 4.98 Å². The lowest BCUT2D eigenvalue weighted by Crippen LogP contribution is -2.41. The highest BCUT2D eigenvalue weighted by Gasteiger charge is 2.33. The zero-order chi connectivity index (χ0) is 11.8. The average molecular weight is 256 g/mol. The maximum absolute atomic E-state index is 6.46. The Morgan fingerprint density at radius 2 is 2.19 bits per heavy atom. The van der Waals surface area contributed by atoms with Crippen molar-refractivity contribution in [2.75, 3.05) is 11.5 Å². The molecule has 1 fully saturated rings. The number of aromatic nitrogens is 1. The molecule has 1 unspecified atom stereocenters. The van der Waals surface area contributed by atoms with Crippen LogP contribution in [-0.2, 0) is 11.0 Å². The van der Waals surface area contributed by atoms with E-state index < -0.39 is 0 Å². The topological polar surface area (TPSA) is 38.9 Å². The summed E-state index contributed by atoms with van der Waals surface area (Å²) in [7, 11) is 0. The van der Waals surface area contributed by atoms with Crippen molar-refractivity contribution < 1.29 is 0 Å². The molecule has 1 atom stereocenters. The maximum Gasteiger partial charge on any atom is 0.114 e. The normalized spacial score (nSPS) is 27.0. The lowest BCUT2D eigenvalue weighted by Gasteiger charge is -2.31. The second-order valence-electron chi connectivity index (χ2n) is 5.60. The first-order chi connectivity index (χ1) is 7.42. The zero-order valence-electron chi connectivity index (χ0n) is 10.2. The first kappa shape index (κ1) is 12.4. The van der Waals surface area contributed by atoms with Gasteiger partial charge >= 0.3 is 0 Å². The van der Waals surface area contributed by atoms with E-state index in [4.69, 9.17) is 10.7 Å². The zero-order valence-corrected chi connectivity index (χ0v) is 11.9. The van der Waals surface area contributed by atoms with Gasteiger partial charge in [0.1, 0.15) is 5.01 Å². The van der Waals surface area contributed by atoms with Gasteiger partial charge in [0.15, 0.2) is 0 Å². The Morgan fingerprint density at radius 3 is 2.69 bits per heavy atom. The van der Waals surface area contributed by atoms with Crippen molar-refractivity contribution in [3.8, 4) is 0 Å². The summed E-state index contributed by atoms with van der Waals surface area (Å²) in [6.45, 7) is 6.60. The molecule has 2 heterocycles. The van der Waals surface area contributed by atoms with E-state index in [9.17, 15) is 0 Å². The number of hydrogen-bond donors (Lipinski definition) is 1.